The van der Waals surface area contributed by atoms with Crippen molar-refractivity contribution in [1.82, 2.24) is 10.1 Å². The first-order chi connectivity index (χ1) is 9.24. The standard InChI is InChI=1S/C15H14N2O2/c1-10(18)9-14-16-15(17-19-14)13-8-4-6-11-5-2-3-7-12(11)13/h2-8,10,18H,9H2,1H3. The fourth-order valence-electron chi connectivity index (χ4n) is 2.12. The van der Waals surface area contributed by atoms with Crippen molar-refractivity contribution >= 4 is 10.8 Å². The molecule has 1 unspecified atom stereocenters. The lowest BCUT2D eigenvalue weighted by atomic mass is 10.0. The van der Waals surface area contributed by atoms with Crippen LogP contribution in [0.4, 0.5) is 0 Å². The van der Waals surface area contributed by atoms with Crippen LogP contribution in [0, 0.1) is 0 Å². The molecule has 0 saturated heterocycles. The average Bonchev–Trinajstić information content (AvgIpc) is 2.85. The second kappa shape index (κ2) is 4.82. The van der Waals surface area contributed by atoms with Gasteiger partial charge in [-0.2, -0.15) is 4.98 Å². The van der Waals surface area contributed by atoms with Gasteiger partial charge in [0.05, 0.1) is 12.5 Å². The van der Waals surface area contributed by atoms with Gasteiger partial charge in [-0.25, -0.2) is 0 Å². The van der Waals surface area contributed by atoms with Gasteiger partial charge in [0, 0.05) is 5.56 Å². The molecule has 4 nitrogen and oxygen atoms in total. The Balaban J connectivity index is 2.06. The van der Waals surface area contributed by atoms with Crippen LogP contribution >= 0.6 is 0 Å². The Hall–Kier alpha value is -2.20. The van der Waals surface area contributed by atoms with E-state index in [2.05, 4.69) is 22.3 Å². The van der Waals surface area contributed by atoms with Gasteiger partial charge in [0.25, 0.3) is 0 Å². The molecule has 1 atom stereocenters. The second-order valence-corrected chi connectivity index (χ2v) is 4.59. The SMILES string of the molecule is CC(O)Cc1nc(-c2cccc3ccccc23)no1. The average molecular weight is 254 g/mol. The van der Waals surface area contributed by atoms with Crippen LogP contribution in [-0.4, -0.2) is 21.4 Å². The summed E-state index contributed by atoms with van der Waals surface area (Å²) in [6, 6.07) is 14.1. The molecule has 0 radical (unpaired) electrons. The normalized spacial score (nSPS) is 12.7. The Labute approximate surface area is 110 Å². The van der Waals surface area contributed by atoms with Crippen LogP contribution < -0.4 is 0 Å². The summed E-state index contributed by atoms with van der Waals surface area (Å²) in [4.78, 5) is 4.33. The molecule has 4 heteroatoms. The third-order valence-corrected chi connectivity index (χ3v) is 2.97. The molecule has 1 heterocycles. The molecule has 0 aliphatic rings. The van der Waals surface area contributed by atoms with E-state index in [1.807, 2.05) is 30.3 Å². The molecular formula is C15H14N2O2. The number of hydrogen-bond acceptors (Lipinski definition) is 4. The van der Waals surface area contributed by atoms with E-state index in [-0.39, 0.29) is 0 Å². The van der Waals surface area contributed by atoms with Crippen LogP contribution in [0.2, 0.25) is 0 Å². The fourth-order valence-corrected chi connectivity index (χ4v) is 2.12. The molecule has 0 aliphatic carbocycles. The Bertz CT molecular complexity index is 699. The van der Waals surface area contributed by atoms with E-state index in [1.165, 1.54) is 0 Å². The molecule has 1 aromatic heterocycles. The summed E-state index contributed by atoms with van der Waals surface area (Å²) >= 11 is 0. The zero-order chi connectivity index (χ0) is 13.2. The lowest BCUT2D eigenvalue weighted by molar-refractivity contribution is 0.181. The molecule has 0 bridgehead atoms. The maximum Gasteiger partial charge on any atom is 0.229 e. The number of aliphatic hydroxyl groups excluding tert-OH is 1. The van der Waals surface area contributed by atoms with Gasteiger partial charge in [0.2, 0.25) is 11.7 Å². The third kappa shape index (κ3) is 2.35. The Morgan fingerprint density at radius 3 is 2.79 bits per heavy atom. The van der Waals surface area contributed by atoms with Gasteiger partial charge in [0.15, 0.2) is 0 Å². The van der Waals surface area contributed by atoms with Gasteiger partial charge < -0.3 is 9.63 Å². The highest BCUT2D eigenvalue weighted by Gasteiger charge is 2.12. The summed E-state index contributed by atoms with van der Waals surface area (Å²) < 4.78 is 5.16. The summed E-state index contributed by atoms with van der Waals surface area (Å²) in [7, 11) is 0. The Kier molecular flexibility index (Phi) is 3.01. The van der Waals surface area contributed by atoms with Crippen molar-refractivity contribution in [2.24, 2.45) is 0 Å². The number of fused-ring (bicyclic) bond motifs is 1. The molecule has 1 N–H and O–H groups in total. The maximum absolute atomic E-state index is 9.33. The van der Waals surface area contributed by atoms with Crippen molar-refractivity contribution in [2.45, 2.75) is 19.4 Å². The summed E-state index contributed by atoms with van der Waals surface area (Å²) in [6.45, 7) is 1.70. The van der Waals surface area contributed by atoms with E-state index in [9.17, 15) is 5.11 Å². The lowest BCUT2D eigenvalue weighted by Crippen LogP contribution is -2.04. The summed E-state index contributed by atoms with van der Waals surface area (Å²) in [5, 5.41) is 15.6. The van der Waals surface area contributed by atoms with E-state index in [0.29, 0.717) is 18.1 Å². The predicted molar refractivity (Wildman–Crippen MR) is 72.6 cm³/mol. The van der Waals surface area contributed by atoms with Crippen LogP contribution in [0.1, 0.15) is 12.8 Å². The van der Waals surface area contributed by atoms with Crippen LogP contribution in [0.5, 0.6) is 0 Å². The lowest BCUT2D eigenvalue weighted by Gasteiger charge is -2.01. The molecule has 3 rings (SSSR count). The molecule has 0 fully saturated rings. The van der Waals surface area contributed by atoms with Crippen molar-refractivity contribution < 1.29 is 9.63 Å². The molecule has 0 saturated carbocycles. The van der Waals surface area contributed by atoms with Crippen molar-refractivity contribution in [2.75, 3.05) is 0 Å². The monoisotopic (exact) mass is 254 g/mol. The minimum atomic E-state index is -0.485. The first-order valence-corrected chi connectivity index (χ1v) is 6.23. The maximum atomic E-state index is 9.33. The molecule has 3 aromatic rings. The number of nitrogens with zero attached hydrogens (tertiary/aromatic N) is 2. The van der Waals surface area contributed by atoms with Crippen LogP contribution in [0.3, 0.4) is 0 Å². The molecule has 96 valence electrons. The molecular weight excluding hydrogens is 240 g/mol. The van der Waals surface area contributed by atoms with Gasteiger partial charge in [-0.3, -0.25) is 0 Å². The zero-order valence-corrected chi connectivity index (χ0v) is 10.6. The highest BCUT2D eigenvalue weighted by Crippen LogP contribution is 2.26. The highest BCUT2D eigenvalue weighted by molar-refractivity contribution is 5.94. The van der Waals surface area contributed by atoms with Crippen LogP contribution in [-0.2, 0) is 6.42 Å². The first kappa shape index (κ1) is 11.9. The topological polar surface area (TPSA) is 59.2 Å². The van der Waals surface area contributed by atoms with E-state index in [1.54, 1.807) is 6.92 Å². The quantitative estimate of drug-likeness (QED) is 0.780. The largest absolute Gasteiger partial charge is 0.393 e. The Morgan fingerprint density at radius 2 is 1.95 bits per heavy atom. The Morgan fingerprint density at radius 1 is 1.16 bits per heavy atom. The molecule has 0 aliphatic heterocycles. The minimum Gasteiger partial charge on any atom is -0.393 e. The van der Waals surface area contributed by atoms with Gasteiger partial charge in [-0.05, 0) is 17.7 Å². The fraction of sp³-hybridized carbons (Fsp3) is 0.200. The first-order valence-electron chi connectivity index (χ1n) is 6.23. The summed E-state index contributed by atoms with van der Waals surface area (Å²) in [6.07, 6.45) is -0.113. The van der Waals surface area contributed by atoms with Crippen LogP contribution in [0.25, 0.3) is 22.2 Å². The molecule has 2 aromatic carbocycles. The van der Waals surface area contributed by atoms with Crippen LogP contribution in [0.15, 0.2) is 47.0 Å². The number of aliphatic hydroxyl groups is 1. The number of hydrogen-bond donors (Lipinski definition) is 1. The minimum absolute atomic E-state index is 0.373. The van der Waals surface area contributed by atoms with Crippen molar-refractivity contribution in [1.29, 1.82) is 0 Å². The van der Waals surface area contributed by atoms with E-state index < -0.39 is 6.10 Å². The number of rotatable bonds is 3. The van der Waals surface area contributed by atoms with E-state index >= 15 is 0 Å². The number of aromatic nitrogens is 2. The van der Waals surface area contributed by atoms with Gasteiger partial charge in [-0.15, -0.1) is 0 Å². The summed E-state index contributed by atoms with van der Waals surface area (Å²) in [5.41, 5.74) is 0.943. The van der Waals surface area contributed by atoms with E-state index in [4.69, 9.17) is 4.52 Å². The molecule has 0 spiro atoms. The second-order valence-electron chi connectivity index (χ2n) is 4.59. The predicted octanol–water partition coefficient (Wildman–Crippen LogP) is 2.81. The van der Waals surface area contributed by atoms with Crippen molar-refractivity contribution in [3.8, 4) is 11.4 Å². The van der Waals surface area contributed by atoms with Crippen molar-refractivity contribution in [3.63, 3.8) is 0 Å². The van der Waals surface area contributed by atoms with Gasteiger partial charge in [0.1, 0.15) is 0 Å². The third-order valence-electron chi connectivity index (χ3n) is 2.97. The molecule has 0 amide bonds. The summed E-state index contributed by atoms with van der Waals surface area (Å²) in [5.74, 6) is 1.02. The smallest absolute Gasteiger partial charge is 0.229 e. The zero-order valence-electron chi connectivity index (χ0n) is 10.6. The number of benzene rings is 2. The molecule has 19 heavy (non-hydrogen) atoms. The van der Waals surface area contributed by atoms with Gasteiger partial charge in [-0.1, -0.05) is 47.6 Å². The van der Waals surface area contributed by atoms with Gasteiger partial charge >= 0.3 is 0 Å². The highest BCUT2D eigenvalue weighted by atomic mass is 16.5. The van der Waals surface area contributed by atoms with Crippen molar-refractivity contribution in [3.05, 3.63) is 48.4 Å². The van der Waals surface area contributed by atoms with E-state index in [0.717, 1.165) is 16.3 Å².